The first-order chi connectivity index (χ1) is 15.7. The molecule has 5 rings (SSSR count). The van der Waals surface area contributed by atoms with E-state index in [1.807, 2.05) is 48.2 Å². The third-order valence-electron chi connectivity index (χ3n) is 6.08. The van der Waals surface area contributed by atoms with Crippen molar-refractivity contribution in [3.05, 3.63) is 95.8 Å². The van der Waals surface area contributed by atoms with E-state index in [0.717, 1.165) is 66.0 Å². The van der Waals surface area contributed by atoms with E-state index < -0.39 is 0 Å². The number of hydrogen-bond donors (Lipinski definition) is 0. The molecule has 160 valence electrons. The molecule has 0 N–H and O–H groups in total. The van der Waals surface area contributed by atoms with Gasteiger partial charge in [0.1, 0.15) is 0 Å². The number of benzene rings is 2. The van der Waals surface area contributed by atoms with Crippen molar-refractivity contribution >= 4 is 16.8 Å². The maximum Gasteiger partial charge on any atom is 0.254 e. The van der Waals surface area contributed by atoms with E-state index >= 15 is 0 Å². The van der Waals surface area contributed by atoms with E-state index in [4.69, 9.17) is 4.98 Å². The molecule has 3 heterocycles. The predicted molar refractivity (Wildman–Crippen MR) is 127 cm³/mol. The van der Waals surface area contributed by atoms with Crippen LogP contribution in [0.4, 0.5) is 0 Å². The highest BCUT2D eigenvalue weighted by atomic mass is 16.2. The van der Waals surface area contributed by atoms with Gasteiger partial charge in [-0.2, -0.15) is 0 Å². The summed E-state index contributed by atoms with van der Waals surface area (Å²) in [5.74, 6) is 0.0812. The van der Waals surface area contributed by atoms with Gasteiger partial charge in [0, 0.05) is 56.1 Å². The lowest BCUT2D eigenvalue weighted by Gasteiger charge is -2.35. The second kappa shape index (κ2) is 8.89. The molecule has 2 aromatic heterocycles. The average Bonchev–Trinajstić information content (AvgIpc) is 2.85. The molecule has 0 aliphatic carbocycles. The summed E-state index contributed by atoms with van der Waals surface area (Å²) in [5, 5.41) is 0.916. The molecule has 0 saturated carbocycles. The SMILES string of the molecule is Cc1ccc2nc(-c3ccncc3)cc(C(=O)N3CCN(Cc4ccccc4)CC3)c2c1. The van der Waals surface area contributed by atoms with Gasteiger partial charge in [0.05, 0.1) is 16.8 Å². The maximum atomic E-state index is 13.6. The maximum absolute atomic E-state index is 13.6. The number of rotatable bonds is 4. The number of aromatic nitrogens is 2. The van der Waals surface area contributed by atoms with Gasteiger partial charge in [-0.15, -0.1) is 0 Å². The number of aryl methyl sites for hydroxylation is 1. The van der Waals surface area contributed by atoms with Crippen molar-refractivity contribution in [3.63, 3.8) is 0 Å². The third kappa shape index (κ3) is 4.25. The van der Waals surface area contributed by atoms with Gasteiger partial charge in [-0.05, 0) is 42.8 Å². The van der Waals surface area contributed by atoms with Crippen LogP contribution in [0.5, 0.6) is 0 Å². The molecule has 0 spiro atoms. The Kier molecular flexibility index (Phi) is 5.65. The van der Waals surface area contributed by atoms with E-state index in [9.17, 15) is 4.79 Å². The zero-order valence-electron chi connectivity index (χ0n) is 18.2. The first-order valence-corrected chi connectivity index (χ1v) is 11.0. The predicted octanol–water partition coefficient (Wildman–Crippen LogP) is 4.56. The van der Waals surface area contributed by atoms with E-state index in [1.165, 1.54) is 5.56 Å². The van der Waals surface area contributed by atoms with Crippen LogP contribution in [0.3, 0.4) is 0 Å². The minimum atomic E-state index is 0.0812. The number of carbonyl (C=O) groups is 1. The molecule has 0 bridgehead atoms. The van der Waals surface area contributed by atoms with Crippen molar-refractivity contribution in [2.24, 2.45) is 0 Å². The van der Waals surface area contributed by atoms with Crippen LogP contribution in [0.15, 0.2) is 79.1 Å². The van der Waals surface area contributed by atoms with Gasteiger partial charge in [-0.3, -0.25) is 14.7 Å². The lowest BCUT2D eigenvalue weighted by atomic mass is 10.0. The van der Waals surface area contributed by atoms with Crippen LogP contribution in [0.25, 0.3) is 22.2 Å². The average molecular weight is 423 g/mol. The summed E-state index contributed by atoms with van der Waals surface area (Å²) in [6.07, 6.45) is 3.51. The van der Waals surface area contributed by atoms with Crippen LogP contribution in [0, 0.1) is 6.92 Å². The standard InChI is InChI=1S/C27H26N4O/c1-20-7-8-25-23(17-20)24(18-26(29-25)22-9-11-28-12-10-22)27(32)31-15-13-30(14-16-31)19-21-5-3-2-4-6-21/h2-12,17-18H,13-16,19H2,1H3. The smallest absolute Gasteiger partial charge is 0.254 e. The molecule has 2 aromatic carbocycles. The second-order valence-electron chi connectivity index (χ2n) is 8.37. The number of piperazine rings is 1. The summed E-state index contributed by atoms with van der Waals surface area (Å²) in [5.41, 5.74) is 5.76. The Hall–Kier alpha value is -3.57. The first kappa shape index (κ1) is 20.3. The quantitative estimate of drug-likeness (QED) is 0.484. The van der Waals surface area contributed by atoms with Gasteiger partial charge in [0.15, 0.2) is 0 Å². The topological polar surface area (TPSA) is 49.3 Å². The fraction of sp³-hybridized carbons (Fsp3) is 0.222. The molecule has 0 atom stereocenters. The molecular weight excluding hydrogens is 396 g/mol. The van der Waals surface area contributed by atoms with Crippen LogP contribution in [0.2, 0.25) is 0 Å². The largest absolute Gasteiger partial charge is 0.336 e. The van der Waals surface area contributed by atoms with Crippen molar-refractivity contribution in [1.82, 2.24) is 19.8 Å². The summed E-state index contributed by atoms with van der Waals surface area (Å²) in [6, 6.07) is 22.4. The molecule has 5 heteroatoms. The lowest BCUT2D eigenvalue weighted by molar-refractivity contribution is 0.0630. The summed E-state index contributed by atoms with van der Waals surface area (Å²) in [4.78, 5) is 27.0. The Morgan fingerprint density at radius 1 is 0.906 bits per heavy atom. The minimum absolute atomic E-state index is 0.0812. The second-order valence-corrected chi connectivity index (χ2v) is 8.37. The van der Waals surface area contributed by atoms with E-state index in [0.29, 0.717) is 0 Å². The molecule has 0 radical (unpaired) electrons. The van der Waals surface area contributed by atoms with E-state index in [1.54, 1.807) is 12.4 Å². The van der Waals surface area contributed by atoms with Gasteiger partial charge >= 0.3 is 0 Å². The van der Waals surface area contributed by atoms with Crippen molar-refractivity contribution in [1.29, 1.82) is 0 Å². The van der Waals surface area contributed by atoms with Crippen molar-refractivity contribution < 1.29 is 4.79 Å². The van der Waals surface area contributed by atoms with Crippen LogP contribution in [0.1, 0.15) is 21.5 Å². The number of fused-ring (bicyclic) bond motifs is 1. The zero-order chi connectivity index (χ0) is 21.9. The Morgan fingerprint density at radius 3 is 2.41 bits per heavy atom. The van der Waals surface area contributed by atoms with Crippen LogP contribution in [-0.2, 0) is 6.54 Å². The number of nitrogens with zero attached hydrogens (tertiary/aromatic N) is 4. The molecule has 4 aromatic rings. The summed E-state index contributed by atoms with van der Waals surface area (Å²) in [6.45, 7) is 6.18. The first-order valence-electron chi connectivity index (χ1n) is 11.0. The zero-order valence-corrected chi connectivity index (χ0v) is 18.2. The molecule has 1 amide bonds. The molecule has 0 unspecified atom stereocenters. The van der Waals surface area contributed by atoms with Gasteiger partial charge in [0.25, 0.3) is 5.91 Å². The number of amides is 1. The Balaban J connectivity index is 1.41. The van der Waals surface area contributed by atoms with Gasteiger partial charge in [-0.1, -0.05) is 42.0 Å². The van der Waals surface area contributed by atoms with E-state index in [-0.39, 0.29) is 5.91 Å². The van der Waals surface area contributed by atoms with Gasteiger partial charge < -0.3 is 4.90 Å². The number of pyridine rings is 2. The Bertz CT molecular complexity index is 1230. The number of hydrogen-bond acceptors (Lipinski definition) is 4. The highest BCUT2D eigenvalue weighted by Crippen LogP contribution is 2.27. The van der Waals surface area contributed by atoms with Gasteiger partial charge in [0.2, 0.25) is 0 Å². The highest BCUT2D eigenvalue weighted by molar-refractivity contribution is 6.07. The lowest BCUT2D eigenvalue weighted by Crippen LogP contribution is -2.48. The molecular formula is C27H26N4O. The van der Waals surface area contributed by atoms with Crippen LogP contribution >= 0.6 is 0 Å². The molecule has 1 saturated heterocycles. The van der Waals surface area contributed by atoms with Crippen LogP contribution < -0.4 is 0 Å². The van der Waals surface area contributed by atoms with Crippen LogP contribution in [-0.4, -0.2) is 51.9 Å². The van der Waals surface area contributed by atoms with Crippen molar-refractivity contribution in [2.75, 3.05) is 26.2 Å². The monoisotopic (exact) mass is 422 g/mol. The number of carbonyl (C=O) groups excluding carboxylic acids is 1. The fourth-order valence-electron chi connectivity index (χ4n) is 4.31. The van der Waals surface area contributed by atoms with Gasteiger partial charge in [-0.25, -0.2) is 4.98 Å². The molecule has 1 aliphatic heterocycles. The summed E-state index contributed by atoms with van der Waals surface area (Å²) >= 11 is 0. The molecule has 32 heavy (non-hydrogen) atoms. The normalized spacial score (nSPS) is 14.6. The fourth-order valence-corrected chi connectivity index (χ4v) is 4.31. The summed E-state index contributed by atoms with van der Waals surface area (Å²) in [7, 11) is 0. The summed E-state index contributed by atoms with van der Waals surface area (Å²) < 4.78 is 0. The van der Waals surface area contributed by atoms with Crippen molar-refractivity contribution in [2.45, 2.75) is 13.5 Å². The molecule has 1 fully saturated rings. The Labute approximate surface area is 188 Å². The molecule has 5 nitrogen and oxygen atoms in total. The minimum Gasteiger partial charge on any atom is -0.336 e. The molecule has 1 aliphatic rings. The van der Waals surface area contributed by atoms with Crippen molar-refractivity contribution in [3.8, 4) is 11.3 Å². The Morgan fingerprint density at radius 2 is 1.66 bits per heavy atom. The third-order valence-corrected chi connectivity index (χ3v) is 6.08. The highest BCUT2D eigenvalue weighted by Gasteiger charge is 2.24. The van der Waals surface area contributed by atoms with E-state index in [2.05, 4.69) is 40.2 Å².